The van der Waals surface area contributed by atoms with E-state index in [1.54, 1.807) is 25.8 Å². The van der Waals surface area contributed by atoms with Crippen LogP contribution in [0.5, 0.6) is 0 Å². The summed E-state index contributed by atoms with van der Waals surface area (Å²) >= 11 is 0. The number of amides is 1. The van der Waals surface area contributed by atoms with Crippen molar-refractivity contribution < 1.29 is 37.3 Å². The predicted octanol–water partition coefficient (Wildman–Crippen LogP) is 2.14. The van der Waals surface area contributed by atoms with E-state index < -0.39 is 36.0 Å². The first-order valence-corrected chi connectivity index (χ1v) is 12.8. The van der Waals surface area contributed by atoms with Crippen molar-refractivity contribution in [2.24, 2.45) is 11.8 Å². The lowest BCUT2D eigenvalue weighted by Crippen LogP contribution is -2.60. The van der Waals surface area contributed by atoms with Crippen molar-refractivity contribution in [1.29, 1.82) is 0 Å². The van der Waals surface area contributed by atoms with Gasteiger partial charge in [0.1, 0.15) is 12.2 Å². The molecule has 0 aromatic heterocycles. The van der Waals surface area contributed by atoms with Crippen LogP contribution in [0.25, 0.3) is 0 Å². The molecule has 3 rings (SSSR count). The van der Waals surface area contributed by atoms with Gasteiger partial charge in [-0.1, -0.05) is 0 Å². The summed E-state index contributed by atoms with van der Waals surface area (Å²) in [6.45, 7) is 5.80. The Kier molecular flexibility index (Phi) is 9.65. The number of rotatable bonds is 8. The molecule has 0 aromatic rings. The molecule has 0 spiro atoms. The van der Waals surface area contributed by atoms with Crippen LogP contribution in [0.2, 0.25) is 0 Å². The van der Waals surface area contributed by atoms with Crippen LogP contribution in [0.4, 0.5) is 13.2 Å². The summed E-state index contributed by atoms with van der Waals surface area (Å²) in [5.74, 6) is -1.33. The minimum absolute atomic E-state index is 0.135. The minimum atomic E-state index is -4.68. The summed E-state index contributed by atoms with van der Waals surface area (Å²) in [5.41, 5.74) is 0.101. The highest BCUT2D eigenvalue weighted by molar-refractivity contribution is 5.97. The average Bonchev–Trinajstić information content (AvgIpc) is 2.83. The van der Waals surface area contributed by atoms with Gasteiger partial charge in [-0.05, 0) is 89.4 Å². The van der Waals surface area contributed by atoms with Crippen molar-refractivity contribution in [3.63, 3.8) is 0 Å². The number of carbonyl (C=O) groups excluding carboxylic acids is 2. The molecule has 0 aliphatic carbocycles. The number of piperidine rings is 2. The standard InChI is InChI=1S/C25H39F3N4O5/c1-23(2,3)37-22(35)25(36-16-24(26,27)28)20(18-4-9-29-10-5-18)14-19(15-30-25)21(34)31-32-11-6-17(7-12-32)8-13-33/h14-15,17-18,29-30,33H,4-13,16H2,1-3H3,(H,31,34). The third-order valence-corrected chi connectivity index (χ3v) is 6.74. The van der Waals surface area contributed by atoms with Gasteiger partial charge in [-0.15, -0.1) is 0 Å². The largest absolute Gasteiger partial charge is 0.456 e. The fourth-order valence-electron chi connectivity index (χ4n) is 4.87. The number of aliphatic hydroxyl groups excluding tert-OH is 1. The molecule has 210 valence electrons. The lowest BCUT2D eigenvalue weighted by Gasteiger charge is -2.42. The molecule has 3 heterocycles. The summed E-state index contributed by atoms with van der Waals surface area (Å²) in [7, 11) is 0. The number of dihydropyridines is 1. The van der Waals surface area contributed by atoms with E-state index in [1.165, 1.54) is 12.3 Å². The number of hydrogen-bond acceptors (Lipinski definition) is 8. The van der Waals surface area contributed by atoms with Crippen molar-refractivity contribution in [3.8, 4) is 0 Å². The minimum Gasteiger partial charge on any atom is -0.456 e. The smallest absolute Gasteiger partial charge is 0.411 e. The lowest BCUT2D eigenvalue weighted by atomic mass is 9.80. The first kappa shape index (κ1) is 29.4. The second-order valence-electron chi connectivity index (χ2n) is 10.8. The van der Waals surface area contributed by atoms with Gasteiger partial charge in [0.25, 0.3) is 11.6 Å². The summed E-state index contributed by atoms with van der Waals surface area (Å²) in [6.07, 6.45) is 1.52. The number of nitrogens with one attached hydrogen (secondary N) is 3. The molecule has 12 heteroatoms. The first-order chi connectivity index (χ1) is 17.3. The Bertz CT molecular complexity index is 873. The van der Waals surface area contributed by atoms with Crippen molar-refractivity contribution in [2.45, 2.75) is 70.4 Å². The van der Waals surface area contributed by atoms with E-state index in [4.69, 9.17) is 14.6 Å². The lowest BCUT2D eigenvalue weighted by molar-refractivity contribution is -0.219. The van der Waals surface area contributed by atoms with Crippen molar-refractivity contribution in [2.75, 3.05) is 39.4 Å². The zero-order chi connectivity index (χ0) is 27.3. The van der Waals surface area contributed by atoms with Gasteiger partial charge in [0.2, 0.25) is 0 Å². The molecule has 3 aliphatic heterocycles. The van der Waals surface area contributed by atoms with Crippen LogP contribution < -0.4 is 16.1 Å². The zero-order valence-corrected chi connectivity index (χ0v) is 21.7. The summed E-state index contributed by atoms with van der Waals surface area (Å²) in [6, 6.07) is 0. The SMILES string of the molecule is CC(C)(C)OC(=O)C1(OCC(F)(F)F)NC=C(C(=O)NN2CCC(CCO)CC2)C=C1C1CCNCC1. The van der Waals surface area contributed by atoms with E-state index in [9.17, 15) is 22.8 Å². The Hall–Kier alpha value is -2.15. The number of alkyl halides is 3. The fourth-order valence-corrected chi connectivity index (χ4v) is 4.87. The average molecular weight is 533 g/mol. The van der Waals surface area contributed by atoms with Gasteiger partial charge in [-0.25, -0.2) is 9.80 Å². The maximum atomic E-state index is 13.4. The second kappa shape index (κ2) is 12.1. The molecular formula is C25H39F3N4O5. The monoisotopic (exact) mass is 532 g/mol. The molecule has 4 N–H and O–H groups in total. The number of carbonyl (C=O) groups is 2. The Morgan fingerprint density at radius 1 is 1.16 bits per heavy atom. The Labute approximate surface area is 215 Å². The molecule has 0 radical (unpaired) electrons. The Morgan fingerprint density at radius 2 is 1.81 bits per heavy atom. The van der Waals surface area contributed by atoms with Crippen molar-refractivity contribution in [1.82, 2.24) is 21.1 Å². The molecule has 1 amide bonds. The van der Waals surface area contributed by atoms with Gasteiger partial charge in [-0.2, -0.15) is 13.2 Å². The number of ether oxygens (including phenoxy) is 2. The summed E-state index contributed by atoms with van der Waals surface area (Å²) in [5, 5.41) is 16.9. The molecule has 37 heavy (non-hydrogen) atoms. The normalized spacial score (nSPS) is 24.6. The van der Waals surface area contributed by atoms with Crippen LogP contribution in [0.1, 0.15) is 52.9 Å². The molecular weight excluding hydrogens is 493 g/mol. The number of nitrogens with zero attached hydrogens (tertiary/aromatic N) is 1. The number of hydrazine groups is 1. The van der Waals surface area contributed by atoms with Gasteiger partial charge < -0.3 is 25.2 Å². The van der Waals surface area contributed by atoms with E-state index in [0.29, 0.717) is 44.9 Å². The van der Waals surface area contributed by atoms with Crippen LogP contribution >= 0.6 is 0 Å². The number of esters is 1. The number of halogens is 3. The maximum Gasteiger partial charge on any atom is 0.411 e. The van der Waals surface area contributed by atoms with Crippen LogP contribution in [-0.2, 0) is 19.1 Å². The highest BCUT2D eigenvalue weighted by Crippen LogP contribution is 2.38. The molecule has 2 fully saturated rings. The van der Waals surface area contributed by atoms with Crippen molar-refractivity contribution >= 4 is 11.9 Å². The van der Waals surface area contributed by atoms with Gasteiger partial charge in [0.15, 0.2) is 0 Å². The number of aliphatic hydroxyl groups is 1. The van der Waals surface area contributed by atoms with Gasteiger partial charge in [0.05, 0.1) is 5.57 Å². The van der Waals surface area contributed by atoms with Crippen LogP contribution in [0.3, 0.4) is 0 Å². The van der Waals surface area contributed by atoms with E-state index in [-0.39, 0.29) is 23.7 Å². The Balaban J connectivity index is 1.87. The van der Waals surface area contributed by atoms with E-state index in [1.807, 2.05) is 0 Å². The zero-order valence-electron chi connectivity index (χ0n) is 21.7. The van der Waals surface area contributed by atoms with E-state index >= 15 is 0 Å². The topological polar surface area (TPSA) is 112 Å². The molecule has 0 bridgehead atoms. The highest BCUT2D eigenvalue weighted by Gasteiger charge is 2.52. The molecule has 3 aliphatic rings. The van der Waals surface area contributed by atoms with Gasteiger partial charge in [-0.3, -0.25) is 10.2 Å². The van der Waals surface area contributed by atoms with Gasteiger partial charge >= 0.3 is 12.1 Å². The first-order valence-electron chi connectivity index (χ1n) is 12.8. The third-order valence-electron chi connectivity index (χ3n) is 6.74. The van der Waals surface area contributed by atoms with Crippen LogP contribution in [0, 0.1) is 11.8 Å². The fraction of sp³-hybridized carbons (Fsp3) is 0.760. The van der Waals surface area contributed by atoms with Gasteiger partial charge in [0, 0.05) is 25.9 Å². The van der Waals surface area contributed by atoms with Crippen LogP contribution in [0.15, 0.2) is 23.4 Å². The second-order valence-corrected chi connectivity index (χ2v) is 10.8. The third kappa shape index (κ3) is 8.17. The molecule has 0 saturated carbocycles. The Morgan fingerprint density at radius 3 is 2.38 bits per heavy atom. The predicted molar refractivity (Wildman–Crippen MR) is 130 cm³/mol. The molecule has 0 aromatic carbocycles. The highest BCUT2D eigenvalue weighted by atomic mass is 19.4. The summed E-state index contributed by atoms with van der Waals surface area (Å²) < 4.78 is 50.6. The van der Waals surface area contributed by atoms with E-state index in [2.05, 4.69) is 16.1 Å². The molecule has 2 saturated heterocycles. The molecule has 9 nitrogen and oxygen atoms in total. The molecule has 1 unspecified atom stereocenters. The van der Waals surface area contributed by atoms with E-state index in [0.717, 1.165) is 19.3 Å². The number of hydrogen-bond donors (Lipinski definition) is 4. The van der Waals surface area contributed by atoms with Crippen molar-refractivity contribution in [3.05, 3.63) is 23.4 Å². The van der Waals surface area contributed by atoms with Crippen LogP contribution in [-0.4, -0.2) is 78.9 Å². The quantitative estimate of drug-likeness (QED) is 0.352. The molecule has 1 atom stereocenters. The summed E-state index contributed by atoms with van der Waals surface area (Å²) in [4.78, 5) is 26.5. The maximum absolute atomic E-state index is 13.4.